The Kier molecular flexibility index (Phi) is 3.43. The number of halogens is 2. The van der Waals surface area contributed by atoms with Crippen LogP contribution in [0.3, 0.4) is 0 Å². The number of rotatable bonds is 3. The molecular formula is C9H8ClFO3. The number of hydrogen-bond donors (Lipinski definition) is 1. The maximum Gasteiger partial charge on any atom is 0.337 e. The Morgan fingerprint density at radius 2 is 2.29 bits per heavy atom. The second-order valence-electron chi connectivity index (χ2n) is 2.62. The van der Waals surface area contributed by atoms with E-state index in [1.807, 2.05) is 0 Å². The topological polar surface area (TPSA) is 46.5 Å². The second kappa shape index (κ2) is 4.39. The summed E-state index contributed by atoms with van der Waals surface area (Å²) >= 11 is 5.70. The lowest BCUT2D eigenvalue weighted by molar-refractivity contribution is -0.148. The number of ether oxygens (including phenoxy) is 1. The third-order valence-corrected chi connectivity index (χ3v) is 2.04. The summed E-state index contributed by atoms with van der Waals surface area (Å²) < 4.78 is 17.5. The van der Waals surface area contributed by atoms with Crippen LogP contribution in [0, 0.1) is 5.82 Å². The van der Waals surface area contributed by atoms with E-state index in [0.717, 1.165) is 12.1 Å². The zero-order chi connectivity index (χ0) is 10.7. The molecule has 1 atom stereocenters. The van der Waals surface area contributed by atoms with Gasteiger partial charge in [-0.1, -0.05) is 11.6 Å². The molecule has 0 amide bonds. The van der Waals surface area contributed by atoms with Crippen LogP contribution >= 0.6 is 11.6 Å². The number of benzene rings is 1. The van der Waals surface area contributed by atoms with Gasteiger partial charge in [0, 0.05) is 17.7 Å². The van der Waals surface area contributed by atoms with Gasteiger partial charge in [0.1, 0.15) is 5.82 Å². The highest BCUT2D eigenvalue weighted by molar-refractivity contribution is 6.31. The third-order valence-electron chi connectivity index (χ3n) is 1.70. The molecule has 5 heteroatoms. The van der Waals surface area contributed by atoms with Gasteiger partial charge in [-0.15, -0.1) is 0 Å². The summed E-state index contributed by atoms with van der Waals surface area (Å²) in [7, 11) is 1.22. The molecule has 3 nitrogen and oxygen atoms in total. The van der Waals surface area contributed by atoms with E-state index in [1.54, 1.807) is 0 Å². The highest BCUT2D eigenvalue weighted by Crippen LogP contribution is 2.26. The molecule has 76 valence electrons. The van der Waals surface area contributed by atoms with Crippen molar-refractivity contribution in [2.45, 2.75) is 6.10 Å². The fraction of sp³-hybridized carbons (Fsp3) is 0.222. The number of aliphatic carboxylic acids is 1. The highest BCUT2D eigenvalue weighted by Gasteiger charge is 2.22. The van der Waals surface area contributed by atoms with Crippen molar-refractivity contribution < 1.29 is 19.0 Å². The number of hydrogen-bond acceptors (Lipinski definition) is 2. The average Bonchev–Trinajstić information content (AvgIpc) is 2.11. The van der Waals surface area contributed by atoms with E-state index in [9.17, 15) is 9.18 Å². The minimum atomic E-state index is -1.24. The van der Waals surface area contributed by atoms with E-state index in [0.29, 0.717) is 0 Å². The fourth-order valence-electron chi connectivity index (χ4n) is 1.08. The normalized spacial score (nSPS) is 12.5. The van der Waals surface area contributed by atoms with Crippen LogP contribution in [-0.2, 0) is 9.53 Å². The van der Waals surface area contributed by atoms with Crippen molar-refractivity contribution in [2.24, 2.45) is 0 Å². The summed E-state index contributed by atoms with van der Waals surface area (Å²) in [6.07, 6.45) is -1.24. The van der Waals surface area contributed by atoms with Crippen molar-refractivity contribution in [3.05, 3.63) is 34.6 Å². The molecule has 0 aliphatic carbocycles. The Morgan fingerprint density at radius 1 is 1.64 bits per heavy atom. The molecule has 1 aromatic rings. The minimum absolute atomic E-state index is 0.113. The molecule has 1 N–H and O–H groups in total. The number of carbonyl (C=O) groups is 1. The standard InChI is InChI=1S/C9H8ClFO3/c1-14-8(9(12)13)6-4-5(11)2-3-7(6)10/h2-4,8H,1H3,(H,12,13). The fourth-order valence-corrected chi connectivity index (χ4v) is 1.29. The first-order chi connectivity index (χ1) is 6.56. The van der Waals surface area contributed by atoms with Crippen molar-refractivity contribution in [2.75, 3.05) is 7.11 Å². The smallest absolute Gasteiger partial charge is 0.337 e. The molecule has 0 spiro atoms. The molecule has 0 bridgehead atoms. The van der Waals surface area contributed by atoms with Gasteiger partial charge < -0.3 is 9.84 Å². The average molecular weight is 219 g/mol. The van der Waals surface area contributed by atoms with Gasteiger partial charge in [0.2, 0.25) is 0 Å². The maximum absolute atomic E-state index is 12.8. The van der Waals surface area contributed by atoms with Gasteiger partial charge in [0.05, 0.1) is 0 Å². The molecule has 0 heterocycles. The highest BCUT2D eigenvalue weighted by atomic mass is 35.5. The number of methoxy groups -OCH3 is 1. The third kappa shape index (κ3) is 2.21. The first-order valence-corrected chi connectivity index (χ1v) is 4.14. The largest absolute Gasteiger partial charge is 0.479 e. The quantitative estimate of drug-likeness (QED) is 0.847. The Morgan fingerprint density at radius 3 is 2.79 bits per heavy atom. The first-order valence-electron chi connectivity index (χ1n) is 3.77. The van der Waals surface area contributed by atoms with E-state index in [1.165, 1.54) is 13.2 Å². The van der Waals surface area contributed by atoms with E-state index < -0.39 is 17.9 Å². The molecule has 0 aliphatic heterocycles. The van der Waals surface area contributed by atoms with Gasteiger partial charge in [0.15, 0.2) is 6.10 Å². The molecule has 0 aliphatic rings. The zero-order valence-corrected chi connectivity index (χ0v) is 8.08. The summed E-state index contributed by atoms with van der Waals surface area (Å²) in [5.41, 5.74) is 0.113. The van der Waals surface area contributed by atoms with Crippen LogP contribution in [0.25, 0.3) is 0 Å². The predicted octanol–water partition coefficient (Wildman–Crippen LogP) is 2.25. The van der Waals surface area contributed by atoms with Crippen molar-refractivity contribution in [1.82, 2.24) is 0 Å². The van der Waals surface area contributed by atoms with Crippen LogP contribution in [0.4, 0.5) is 4.39 Å². The van der Waals surface area contributed by atoms with Crippen LogP contribution in [-0.4, -0.2) is 18.2 Å². The van der Waals surface area contributed by atoms with E-state index in [4.69, 9.17) is 16.7 Å². The molecular weight excluding hydrogens is 211 g/mol. The lowest BCUT2D eigenvalue weighted by Gasteiger charge is -2.12. The molecule has 0 saturated heterocycles. The molecule has 14 heavy (non-hydrogen) atoms. The first kappa shape index (κ1) is 10.9. The summed E-state index contributed by atoms with van der Waals surface area (Å²) in [6, 6.07) is 3.49. The SMILES string of the molecule is COC(C(=O)O)c1cc(F)ccc1Cl. The Labute approximate surface area is 85.1 Å². The van der Waals surface area contributed by atoms with E-state index in [-0.39, 0.29) is 10.6 Å². The minimum Gasteiger partial charge on any atom is -0.479 e. The Hall–Kier alpha value is -1.13. The summed E-state index contributed by atoms with van der Waals surface area (Å²) in [4.78, 5) is 10.7. The summed E-state index contributed by atoms with van der Waals surface area (Å²) in [5.74, 6) is -1.76. The van der Waals surface area contributed by atoms with Crippen LogP contribution in [0.1, 0.15) is 11.7 Å². The Balaban J connectivity index is 3.15. The van der Waals surface area contributed by atoms with Gasteiger partial charge >= 0.3 is 5.97 Å². The molecule has 1 rings (SSSR count). The van der Waals surface area contributed by atoms with E-state index in [2.05, 4.69) is 4.74 Å². The van der Waals surface area contributed by atoms with Crippen LogP contribution in [0.5, 0.6) is 0 Å². The molecule has 0 saturated carbocycles. The van der Waals surface area contributed by atoms with Crippen molar-refractivity contribution in [3.8, 4) is 0 Å². The monoisotopic (exact) mass is 218 g/mol. The lowest BCUT2D eigenvalue weighted by atomic mass is 10.1. The zero-order valence-electron chi connectivity index (χ0n) is 7.33. The number of carboxylic acids is 1. The molecule has 1 unspecified atom stereocenters. The van der Waals surface area contributed by atoms with Gasteiger partial charge in [-0.2, -0.15) is 0 Å². The molecule has 0 aromatic heterocycles. The molecule has 0 fully saturated rings. The van der Waals surface area contributed by atoms with Crippen molar-refractivity contribution in [3.63, 3.8) is 0 Å². The van der Waals surface area contributed by atoms with Crippen LogP contribution in [0.2, 0.25) is 5.02 Å². The maximum atomic E-state index is 12.8. The predicted molar refractivity (Wildman–Crippen MR) is 48.8 cm³/mol. The van der Waals surface area contributed by atoms with Crippen LogP contribution in [0.15, 0.2) is 18.2 Å². The Bertz CT molecular complexity index is 354. The van der Waals surface area contributed by atoms with Gasteiger partial charge in [0.25, 0.3) is 0 Å². The summed E-state index contributed by atoms with van der Waals surface area (Å²) in [6.45, 7) is 0. The van der Waals surface area contributed by atoms with Crippen LogP contribution < -0.4 is 0 Å². The molecule has 1 aromatic carbocycles. The van der Waals surface area contributed by atoms with Crippen molar-refractivity contribution in [1.29, 1.82) is 0 Å². The lowest BCUT2D eigenvalue weighted by Crippen LogP contribution is -2.14. The van der Waals surface area contributed by atoms with Crippen molar-refractivity contribution >= 4 is 17.6 Å². The van der Waals surface area contributed by atoms with Gasteiger partial charge in [-0.25, -0.2) is 9.18 Å². The van der Waals surface area contributed by atoms with Gasteiger partial charge in [-0.05, 0) is 18.2 Å². The second-order valence-corrected chi connectivity index (χ2v) is 3.03. The molecule has 0 radical (unpaired) electrons. The van der Waals surface area contributed by atoms with E-state index >= 15 is 0 Å². The number of carboxylic acid groups (broad SMARTS) is 1. The summed E-state index contributed by atoms with van der Waals surface area (Å²) in [5, 5.41) is 8.90. The van der Waals surface area contributed by atoms with Gasteiger partial charge in [-0.3, -0.25) is 0 Å².